The van der Waals surface area contributed by atoms with Gasteiger partial charge in [-0.1, -0.05) is 24.3 Å². The Hall–Kier alpha value is -2.24. The largest absolute Gasteiger partial charge is 0.365 e. The molecule has 0 unspecified atom stereocenters. The topological polar surface area (TPSA) is 68.0 Å². The van der Waals surface area contributed by atoms with Crippen molar-refractivity contribution >= 4 is 22.2 Å². The third-order valence-corrected chi connectivity index (χ3v) is 7.43. The molecular formula is C20H24N6. The molecule has 0 spiro atoms. The van der Waals surface area contributed by atoms with E-state index >= 15 is 0 Å². The van der Waals surface area contributed by atoms with E-state index in [1.54, 1.807) is 4.63 Å². The Balaban J connectivity index is 1.40. The normalized spacial score (nSPS) is 33.8. The zero-order valence-electron chi connectivity index (χ0n) is 15.1. The molecule has 26 heavy (non-hydrogen) atoms. The Morgan fingerprint density at radius 3 is 2.38 bits per heavy atom. The zero-order chi connectivity index (χ0) is 17.3. The maximum Gasteiger partial charge on any atom is 0.207 e. The molecule has 6 heteroatoms. The lowest BCUT2D eigenvalue weighted by molar-refractivity contribution is -0.0603. The lowest BCUT2D eigenvalue weighted by Gasteiger charge is -2.59. The van der Waals surface area contributed by atoms with Gasteiger partial charge in [-0.3, -0.25) is 0 Å². The third-order valence-electron chi connectivity index (χ3n) is 7.43. The van der Waals surface area contributed by atoms with Crippen molar-refractivity contribution in [3.05, 3.63) is 24.3 Å². The van der Waals surface area contributed by atoms with E-state index in [9.17, 15) is 0 Å². The lowest BCUT2D eigenvalue weighted by Crippen LogP contribution is -2.53. The second kappa shape index (κ2) is 5.15. The molecule has 1 N–H and O–H groups in total. The molecule has 0 radical (unpaired) electrons. The highest BCUT2D eigenvalue weighted by Gasteiger charge is 2.53. The van der Waals surface area contributed by atoms with Crippen LogP contribution in [0.15, 0.2) is 24.3 Å². The summed E-state index contributed by atoms with van der Waals surface area (Å²) < 4.78 is 1.55. The first-order valence-corrected chi connectivity index (χ1v) is 9.94. The number of hydrogen-bond donors (Lipinski definition) is 1. The molecule has 2 aromatic heterocycles. The standard InChI is InChI=1S/C20H24N6/c1-12(20-9-13-6-14(10-20)8-15(7-13)11-20)21-18-16-4-2-3-5-17(16)19-22-24-25-26(19)23-18/h2-5,12-15H,6-11H2,1H3,(H,21,23)/t12-,13?,14?,15?,20?/m1/s1. The van der Waals surface area contributed by atoms with Gasteiger partial charge in [-0.2, -0.15) is 0 Å². The van der Waals surface area contributed by atoms with Crippen LogP contribution in [0.2, 0.25) is 0 Å². The van der Waals surface area contributed by atoms with Crippen LogP contribution in [-0.2, 0) is 0 Å². The average molecular weight is 348 g/mol. The van der Waals surface area contributed by atoms with Gasteiger partial charge in [0.05, 0.1) is 0 Å². The van der Waals surface area contributed by atoms with E-state index < -0.39 is 0 Å². The summed E-state index contributed by atoms with van der Waals surface area (Å²) >= 11 is 0. The number of tetrazole rings is 1. The number of hydrogen-bond acceptors (Lipinski definition) is 5. The molecule has 134 valence electrons. The summed E-state index contributed by atoms with van der Waals surface area (Å²) in [7, 11) is 0. The van der Waals surface area contributed by atoms with E-state index in [0.717, 1.165) is 34.3 Å². The Morgan fingerprint density at radius 2 is 1.69 bits per heavy atom. The van der Waals surface area contributed by atoms with Crippen molar-refractivity contribution in [2.75, 3.05) is 5.32 Å². The van der Waals surface area contributed by atoms with Crippen LogP contribution in [0.3, 0.4) is 0 Å². The lowest BCUT2D eigenvalue weighted by atomic mass is 9.48. The Morgan fingerprint density at radius 1 is 1.04 bits per heavy atom. The quantitative estimate of drug-likeness (QED) is 0.782. The Labute approximate surface area is 152 Å². The van der Waals surface area contributed by atoms with Crippen LogP contribution in [0, 0.1) is 23.2 Å². The molecule has 4 bridgehead atoms. The highest BCUT2D eigenvalue weighted by Crippen LogP contribution is 2.61. The molecule has 4 aliphatic rings. The summed E-state index contributed by atoms with van der Waals surface area (Å²) in [5, 5.41) is 22.6. The number of benzene rings is 1. The predicted octanol–water partition coefficient (Wildman–Crippen LogP) is 3.69. The second-order valence-corrected chi connectivity index (χ2v) is 9.03. The first-order valence-electron chi connectivity index (χ1n) is 9.94. The van der Waals surface area contributed by atoms with Crippen molar-refractivity contribution in [2.45, 2.75) is 51.5 Å². The molecule has 1 aromatic carbocycles. The molecule has 6 nitrogen and oxygen atoms in total. The minimum Gasteiger partial charge on any atom is -0.365 e. The molecule has 4 aliphatic carbocycles. The monoisotopic (exact) mass is 348 g/mol. The minimum absolute atomic E-state index is 0.417. The van der Waals surface area contributed by atoms with Crippen LogP contribution in [0.4, 0.5) is 5.82 Å². The number of nitrogens with zero attached hydrogens (tertiary/aromatic N) is 5. The first-order chi connectivity index (χ1) is 12.7. The van der Waals surface area contributed by atoms with Gasteiger partial charge < -0.3 is 5.32 Å². The van der Waals surface area contributed by atoms with E-state index in [1.807, 2.05) is 6.07 Å². The number of nitrogens with one attached hydrogen (secondary N) is 1. The fourth-order valence-corrected chi connectivity index (χ4v) is 6.62. The second-order valence-electron chi connectivity index (χ2n) is 9.03. The Kier molecular flexibility index (Phi) is 2.95. The maximum absolute atomic E-state index is 4.70. The van der Waals surface area contributed by atoms with Gasteiger partial charge >= 0.3 is 0 Å². The molecule has 2 heterocycles. The van der Waals surface area contributed by atoms with Gasteiger partial charge in [-0.15, -0.1) is 14.8 Å². The van der Waals surface area contributed by atoms with Crippen molar-refractivity contribution in [1.29, 1.82) is 0 Å². The van der Waals surface area contributed by atoms with E-state index in [2.05, 4.69) is 46.0 Å². The molecule has 4 fully saturated rings. The number of rotatable bonds is 3. The van der Waals surface area contributed by atoms with Crippen LogP contribution in [-0.4, -0.2) is 31.3 Å². The average Bonchev–Trinajstić information content (AvgIpc) is 3.09. The van der Waals surface area contributed by atoms with Crippen molar-refractivity contribution in [1.82, 2.24) is 25.3 Å². The number of aromatic nitrogens is 5. The third kappa shape index (κ3) is 2.04. The molecule has 1 atom stereocenters. The van der Waals surface area contributed by atoms with E-state index in [1.165, 1.54) is 38.5 Å². The van der Waals surface area contributed by atoms with Crippen molar-refractivity contribution in [3.63, 3.8) is 0 Å². The highest BCUT2D eigenvalue weighted by molar-refractivity contribution is 5.99. The van der Waals surface area contributed by atoms with Crippen LogP contribution in [0.1, 0.15) is 45.4 Å². The van der Waals surface area contributed by atoms with Crippen LogP contribution >= 0.6 is 0 Å². The summed E-state index contributed by atoms with van der Waals surface area (Å²) in [6.07, 6.45) is 8.59. The van der Waals surface area contributed by atoms with Gasteiger partial charge in [-0.25, -0.2) is 0 Å². The van der Waals surface area contributed by atoms with Gasteiger partial charge in [0.15, 0.2) is 5.82 Å². The highest BCUT2D eigenvalue weighted by atomic mass is 15.6. The van der Waals surface area contributed by atoms with E-state index in [0.29, 0.717) is 17.1 Å². The molecule has 3 aromatic rings. The number of anilines is 1. The number of fused-ring (bicyclic) bond motifs is 3. The van der Waals surface area contributed by atoms with E-state index in [4.69, 9.17) is 5.10 Å². The zero-order valence-corrected chi connectivity index (χ0v) is 15.1. The minimum atomic E-state index is 0.417. The predicted molar refractivity (Wildman–Crippen MR) is 99.8 cm³/mol. The molecule has 0 saturated heterocycles. The van der Waals surface area contributed by atoms with Gasteiger partial charge in [0, 0.05) is 16.8 Å². The van der Waals surface area contributed by atoms with Crippen molar-refractivity contribution in [2.24, 2.45) is 23.2 Å². The summed E-state index contributed by atoms with van der Waals surface area (Å²) in [4.78, 5) is 0. The van der Waals surface area contributed by atoms with E-state index in [-0.39, 0.29) is 0 Å². The maximum atomic E-state index is 4.70. The van der Waals surface area contributed by atoms with Gasteiger partial charge in [0.1, 0.15) is 0 Å². The summed E-state index contributed by atoms with van der Waals surface area (Å²) in [5.74, 6) is 3.77. The van der Waals surface area contributed by atoms with Crippen LogP contribution < -0.4 is 5.32 Å². The molecular weight excluding hydrogens is 324 g/mol. The van der Waals surface area contributed by atoms with Crippen molar-refractivity contribution < 1.29 is 0 Å². The summed E-state index contributed by atoms with van der Waals surface area (Å²) in [6, 6.07) is 8.70. The first kappa shape index (κ1) is 14.9. The fourth-order valence-electron chi connectivity index (χ4n) is 6.62. The molecule has 0 aliphatic heterocycles. The fraction of sp³-hybridized carbons (Fsp3) is 0.600. The summed E-state index contributed by atoms with van der Waals surface area (Å²) in [6.45, 7) is 2.37. The molecule has 7 rings (SSSR count). The summed E-state index contributed by atoms with van der Waals surface area (Å²) in [5.41, 5.74) is 1.15. The van der Waals surface area contributed by atoms with Crippen molar-refractivity contribution in [3.8, 4) is 0 Å². The van der Waals surface area contributed by atoms with Crippen LogP contribution in [0.5, 0.6) is 0 Å². The molecule has 4 saturated carbocycles. The van der Waals surface area contributed by atoms with Gasteiger partial charge in [0.2, 0.25) is 5.65 Å². The Bertz CT molecular complexity index is 957. The molecule has 0 amide bonds. The SMILES string of the molecule is C[C@@H](Nc1nn2nnnc2c2ccccc12)C12CC3CC(CC(C3)C1)C2. The smallest absolute Gasteiger partial charge is 0.207 e. The van der Waals surface area contributed by atoms with Gasteiger partial charge in [0.25, 0.3) is 0 Å². The van der Waals surface area contributed by atoms with Gasteiger partial charge in [-0.05, 0) is 79.0 Å². The van der Waals surface area contributed by atoms with Crippen LogP contribution in [0.25, 0.3) is 16.4 Å².